The molecule has 6 nitrogen and oxygen atoms in total. The van der Waals surface area contributed by atoms with Crippen molar-refractivity contribution in [3.8, 4) is 0 Å². The van der Waals surface area contributed by atoms with Gasteiger partial charge in [0.2, 0.25) is 0 Å². The summed E-state index contributed by atoms with van der Waals surface area (Å²) < 4.78 is 3.67. The van der Waals surface area contributed by atoms with Gasteiger partial charge in [0.25, 0.3) is 11.5 Å². The van der Waals surface area contributed by atoms with Crippen LogP contribution in [0, 0.1) is 5.92 Å². The summed E-state index contributed by atoms with van der Waals surface area (Å²) >= 11 is 0. The van der Waals surface area contributed by atoms with Gasteiger partial charge in [0, 0.05) is 68.8 Å². The summed E-state index contributed by atoms with van der Waals surface area (Å²) in [6, 6.07) is 18.4. The van der Waals surface area contributed by atoms with Crippen LogP contribution in [0.2, 0.25) is 0 Å². The highest BCUT2D eigenvalue weighted by molar-refractivity contribution is 6.17. The quantitative estimate of drug-likeness (QED) is 0.454. The molecule has 0 N–H and O–H groups in total. The second-order valence-electron chi connectivity index (χ2n) is 9.75. The number of rotatable bonds is 5. The molecule has 6 heteroatoms. The van der Waals surface area contributed by atoms with Crippen molar-refractivity contribution in [2.24, 2.45) is 13.0 Å². The van der Waals surface area contributed by atoms with E-state index in [-0.39, 0.29) is 11.5 Å². The maximum atomic E-state index is 13.9. The van der Waals surface area contributed by atoms with Crippen LogP contribution in [-0.2, 0) is 20.1 Å². The van der Waals surface area contributed by atoms with Gasteiger partial charge in [0.05, 0.1) is 5.56 Å². The van der Waals surface area contributed by atoms with Crippen LogP contribution in [0.25, 0.3) is 21.8 Å². The van der Waals surface area contributed by atoms with E-state index in [1.807, 2.05) is 46.8 Å². The average Bonchev–Trinajstić information content (AvgIpc) is 3.14. The van der Waals surface area contributed by atoms with E-state index < -0.39 is 0 Å². The van der Waals surface area contributed by atoms with Crippen LogP contribution in [0.3, 0.4) is 0 Å². The van der Waals surface area contributed by atoms with Crippen LogP contribution in [0.1, 0.15) is 29.8 Å². The Labute approximate surface area is 200 Å². The third kappa shape index (κ3) is 4.03. The van der Waals surface area contributed by atoms with Gasteiger partial charge >= 0.3 is 0 Å². The number of hydrogen-bond donors (Lipinski definition) is 0. The number of aromatic nitrogens is 2. The summed E-state index contributed by atoms with van der Waals surface area (Å²) in [7, 11) is 1.92. The number of carbonyl (C=O) groups is 1. The lowest BCUT2D eigenvalue weighted by atomic mass is 10.1. The second-order valence-corrected chi connectivity index (χ2v) is 9.75. The molecule has 4 aromatic rings. The van der Waals surface area contributed by atoms with Gasteiger partial charge in [-0.15, -0.1) is 0 Å². The molecule has 34 heavy (non-hydrogen) atoms. The number of amides is 1. The molecule has 0 unspecified atom stereocenters. The normalized spacial score (nSPS) is 15.0. The van der Waals surface area contributed by atoms with E-state index in [9.17, 15) is 9.59 Å². The highest BCUT2D eigenvalue weighted by Gasteiger charge is 2.27. The number of piperazine rings is 1. The first-order valence-corrected chi connectivity index (χ1v) is 12.1. The van der Waals surface area contributed by atoms with Gasteiger partial charge in [-0.3, -0.25) is 14.5 Å². The monoisotopic (exact) mass is 456 g/mol. The van der Waals surface area contributed by atoms with Crippen molar-refractivity contribution < 1.29 is 4.79 Å². The van der Waals surface area contributed by atoms with Gasteiger partial charge in [-0.2, -0.15) is 0 Å². The van der Waals surface area contributed by atoms with Gasteiger partial charge in [-0.25, -0.2) is 0 Å². The van der Waals surface area contributed by atoms with E-state index in [4.69, 9.17) is 0 Å². The van der Waals surface area contributed by atoms with Crippen LogP contribution < -0.4 is 5.56 Å². The number of carbonyl (C=O) groups excluding carboxylic acids is 1. The van der Waals surface area contributed by atoms with Crippen molar-refractivity contribution in [1.82, 2.24) is 18.9 Å². The number of aryl methyl sites for hydroxylation is 1. The molecular weight excluding hydrogens is 424 g/mol. The first kappa shape index (κ1) is 22.4. The SMILES string of the molecule is CC(C)Cn1cc(C(=O)N2CCN(Cc3ccccc3)CC2)c2c3ccccc3n(C)c2c1=O. The second kappa shape index (κ2) is 9.11. The molecule has 0 spiro atoms. The van der Waals surface area contributed by atoms with Gasteiger partial charge in [0.15, 0.2) is 0 Å². The Kier molecular flexibility index (Phi) is 6.00. The van der Waals surface area contributed by atoms with Crippen molar-refractivity contribution in [3.05, 3.63) is 82.3 Å². The molecule has 0 bridgehead atoms. The van der Waals surface area contributed by atoms with E-state index in [0.29, 0.717) is 36.6 Å². The largest absolute Gasteiger partial charge is 0.339 e. The molecule has 0 atom stereocenters. The van der Waals surface area contributed by atoms with Crippen molar-refractivity contribution in [1.29, 1.82) is 0 Å². The maximum absolute atomic E-state index is 13.9. The fourth-order valence-electron chi connectivity index (χ4n) is 5.14. The predicted octanol–water partition coefficient (Wildman–Crippen LogP) is 4.11. The molecule has 0 saturated carbocycles. The molecule has 3 heterocycles. The van der Waals surface area contributed by atoms with E-state index in [1.54, 1.807) is 10.8 Å². The molecule has 176 valence electrons. The van der Waals surface area contributed by atoms with Gasteiger partial charge in [-0.1, -0.05) is 62.4 Å². The van der Waals surface area contributed by atoms with Gasteiger partial charge < -0.3 is 14.0 Å². The molecule has 2 aromatic heterocycles. The predicted molar refractivity (Wildman–Crippen MR) is 137 cm³/mol. The van der Waals surface area contributed by atoms with Gasteiger partial charge in [0.1, 0.15) is 5.52 Å². The minimum atomic E-state index is -0.0355. The van der Waals surface area contributed by atoms with Crippen LogP contribution in [-0.4, -0.2) is 51.0 Å². The first-order chi connectivity index (χ1) is 16.4. The Bertz CT molecular complexity index is 1390. The molecule has 1 amide bonds. The molecule has 2 aromatic carbocycles. The fraction of sp³-hybridized carbons (Fsp3) is 0.357. The van der Waals surface area contributed by atoms with Crippen LogP contribution in [0.15, 0.2) is 65.6 Å². The molecular formula is C28H32N4O2. The third-order valence-corrected chi connectivity index (χ3v) is 6.83. The smallest absolute Gasteiger partial charge is 0.275 e. The average molecular weight is 457 g/mol. The summed E-state index contributed by atoms with van der Waals surface area (Å²) in [5, 5.41) is 1.74. The Morgan fingerprint density at radius 3 is 2.32 bits per heavy atom. The summed E-state index contributed by atoms with van der Waals surface area (Å²) in [5.74, 6) is 0.313. The molecule has 0 radical (unpaired) electrons. The number of benzene rings is 2. The number of para-hydroxylation sites is 1. The summed E-state index contributed by atoms with van der Waals surface area (Å²) in [5.41, 5.74) is 3.46. The van der Waals surface area contributed by atoms with Crippen LogP contribution in [0.4, 0.5) is 0 Å². The van der Waals surface area contributed by atoms with E-state index >= 15 is 0 Å². The molecule has 5 rings (SSSR count). The highest BCUT2D eigenvalue weighted by atomic mass is 16.2. The first-order valence-electron chi connectivity index (χ1n) is 12.1. The molecule has 1 fully saturated rings. The minimum Gasteiger partial charge on any atom is -0.339 e. The molecule has 1 aliphatic rings. The third-order valence-electron chi connectivity index (χ3n) is 6.83. The summed E-state index contributed by atoms with van der Waals surface area (Å²) in [6.45, 7) is 8.70. The molecule has 1 aliphatic heterocycles. The zero-order chi connectivity index (χ0) is 23.8. The van der Waals surface area contributed by atoms with Crippen molar-refractivity contribution in [3.63, 3.8) is 0 Å². The van der Waals surface area contributed by atoms with E-state index in [0.717, 1.165) is 35.9 Å². The maximum Gasteiger partial charge on any atom is 0.275 e. The van der Waals surface area contributed by atoms with Gasteiger partial charge in [-0.05, 0) is 17.5 Å². The zero-order valence-electron chi connectivity index (χ0n) is 20.2. The standard InChI is InChI=1S/C28H32N4O2/c1-20(2)17-32-19-23(25-22-11-7-8-12-24(22)29(3)26(25)28(32)34)27(33)31-15-13-30(14-16-31)18-21-9-5-4-6-10-21/h4-12,19-20H,13-18H2,1-3H3. The number of hydrogen-bond acceptors (Lipinski definition) is 3. The van der Waals surface area contributed by atoms with Crippen molar-refractivity contribution in [2.45, 2.75) is 26.9 Å². The fourth-order valence-corrected chi connectivity index (χ4v) is 5.14. The van der Waals surface area contributed by atoms with Crippen molar-refractivity contribution in [2.75, 3.05) is 26.2 Å². The van der Waals surface area contributed by atoms with Crippen LogP contribution in [0.5, 0.6) is 0 Å². The van der Waals surface area contributed by atoms with Crippen LogP contribution >= 0.6 is 0 Å². The Morgan fingerprint density at radius 1 is 0.941 bits per heavy atom. The zero-order valence-corrected chi connectivity index (χ0v) is 20.2. The Morgan fingerprint density at radius 2 is 1.62 bits per heavy atom. The Balaban J connectivity index is 1.50. The number of pyridine rings is 1. The van der Waals surface area contributed by atoms with E-state index in [2.05, 4.69) is 43.0 Å². The highest BCUT2D eigenvalue weighted by Crippen LogP contribution is 2.30. The number of fused-ring (bicyclic) bond motifs is 3. The summed E-state index contributed by atoms with van der Waals surface area (Å²) in [6.07, 6.45) is 1.80. The lowest BCUT2D eigenvalue weighted by Crippen LogP contribution is -2.48. The van der Waals surface area contributed by atoms with Crippen molar-refractivity contribution >= 4 is 27.7 Å². The summed E-state index contributed by atoms with van der Waals surface area (Å²) in [4.78, 5) is 31.6. The number of nitrogens with zero attached hydrogens (tertiary/aromatic N) is 4. The lowest BCUT2D eigenvalue weighted by Gasteiger charge is -2.35. The minimum absolute atomic E-state index is 0.0122. The topological polar surface area (TPSA) is 50.5 Å². The van der Waals surface area contributed by atoms with E-state index in [1.165, 1.54) is 5.56 Å². The lowest BCUT2D eigenvalue weighted by molar-refractivity contribution is 0.0629. The molecule has 1 saturated heterocycles. The Hall–Kier alpha value is -3.38. The molecule has 0 aliphatic carbocycles.